The second-order valence-electron chi connectivity index (χ2n) is 6.70. The van der Waals surface area contributed by atoms with Crippen molar-refractivity contribution >= 4 is 5.91 Å². The lowest BCUT2D eigenvalue weighted by Crippen LogP contribution is -2.48. The fraction of sp³-hybridized carbons (Fsp3) is 0.389. The maximum Gasteiger partial charge on any atom is 0.274 e. The van der Waals surface area contributed by atoms with Gasteiger partial charge in [-0.05, 0) is 25.1 Å². The number of carbonyl (C=O) groups excluding carboxylic acids is 1. The van der Waals surface area contributed by atoms with Crippen LogP contribution >= 0.6 is 0 Å². The van der Waals surface area contributed by atoms with Crippen molar-refractivity contribution < 1.29 is 9.53 Å². The molecule has 1 fully saturated rings. The Labute approximate surface area is 156 Å². The van der Waals surface area contributed by atoms with Gasteiger partial charge in [0.2, 0.25) is 5.82 Å². The highest BCUT2D eigenvalue weighted by molar-refractivity contribution is 5.92. The minimum absolute atomic E-state index is 0.0236. The third-order valence-corrected chi connectivity index (χ3v) is 4.32. The van der Waals surface area contributed by atoms with Crippen LogP contribution in [0.1, 0.15) is 24.3 Å². The van der Waals surface area contributed by atoms with Crippen molar-refractivity contribution in [2.45, 2.75) is 32.7 Å². The predicted octanol–water partition coefficient (Wildman–Crippen LogP) is 1.29. The van der Waals surface area contributed by atoms with Gasteiger partial charge in [0.1, 0.15) is 5.69 Å². The van der Waals surface area contributed by atoms with Crippen LogP contribution in [-0.4, -0.2) is 66.1 Å². The Kier molecular flexibility index (Phi) is 4.68. The summed E-state index contributed by atoms with van der Waals surface area (Å²) in [4.78, 5) is 15.9. The molecule has 1 saturated heterocycles. The lowest BCUT2D eigenvalue weighted by molar-refractivity contribution is -0.0587. The van der Waals surface area contributed by atoms with Gasteiger partial charge in [-0.3, -0.25) is 4.79 Å². The van der Waals surface area contributed by atoms with E-state index in [-0.39, 0.29) is 24.8 Å². The zero-order chi connectivity index (χ0) is 18.8. The molecule has 0 bridgehead atoms. The van der Waals surface area contributed by atoms with E-state index in [2.05, 4.69) is 20.5 Å². The zero-order valence-corrected chi connectivity index (χ0v) is 15.3. The van der Waals surface area contributed by atoms with Gasteiger partial charge in [-0.15, -0.1) is 15.0 Å². The number of nitrogens with zero attached hydrogens (tertiary/aromatic N) is 7. The molecule has 0 saturated carbocycles. The van der Waals surface area contributed by atoms with Crippen LogP contribution in [-0.2, 0) is 11.4 Å². The first-order valence-electron chi connectivity index (χ1n) is 8.90. The molecule has 2 aromatic heterocycles. The summed E-state index contributed by atoms with van der Waals surface area (Å²) in [6.45, 7) is 5.36. The van der Waals surface area contributed by atoms with E-state index in [1.807, 2.05) is 44.2 Å². The van der Waals surface area contributed by atoms with Crippen molar-refractivity contribution in [3.05, 3.63) is 48.3 Å². The summed E-state index contributed by atoms with van der Waals surface area (Å²) in [5.74, 6) is 0.461. The molecule has 3 heterocycles. The molecule has 1 aromatic carbocycles. The molecule has 1 aliphatic heterocycles. The second kappa shape index (κ2) is 7.28. The van der Waals surface area contributed by atoms with Crippen LogP contribution in [0.3, 0.4) is 0 Å². The van der Waals surface area contributed by atoms with Crippen molar-refractivity contribution in [3.8, 4) is 11.4 Å². The molecule has 0 aliphatic carbocycles. The van der Waals surface area contributed by atoms with Gasteiger partial charge >= 0.3 is 0 Å². The summed E-state index contributed by atoms with van der Waals surface area (Å²) in [7, 11) is 0. The van der Waals surface area contributed by atoms with Gasteiger partial charge in [0.15, 0.2) is 6.67 Å². The normalized spacial score (nSPS) is 20.0. The number of tetrazole rings is 1. The monoisotopic (exact) mass is 367 g/mol. The topological polar surface area (TPSA) is 91.0 Å². The summed E-state index contributed by atoms with van der Waals surface area (Å²) in [6, 6.07) is 11.4. The number of benzene rings is 1. The molecule has 1 amide bonds. The Bertz CT molecular complexity index is 911. The molecule has 0 unspecified atom stereocenters. The largest absolute Gasteiger partial charge is 0.372 e. The summed E-state index contributed by atoms with van der Waals surface area (Å²) < 4.78 is 7.30. The first kappa shape index (κ1) is 17.3. The average Bonchev–Trinajstić information content (AvgIpc) is 3.31. The van der Waals surface area contributed by atoms with Gasteiger partial charge in [0.05, 0.1) is 12.2 Å². The van der Waals surface area contributed by atoms with Gasteiger partial charge in [0, 0.05) is 24.8 Å². The van der Waals surface area contributed by atoms with Crippen LogP contribution in [0.25, 0.3) is 11.4 Å². The maximum atomic E-state index is 12.7. The molecule has 9 nitrogen and oxygen atoms in total. The molecule has 140 valence electrons. The highest BCUT2D eigenvalue weighted by Crippen LogP contribution is 2.14. The molecule has 0 spiro atoms. The van der Waals surface area contributed by atoms with E-state index in [4.69, 9.17) is 4.74 Å². The fourth-order valence-corrected chi connectivity index (χ4v) is 3.20. The lowest BCUT2D eigenvalue weighted by atomic mass is 10.2. The third-order valence-electron chi connectivity index (χ3n) is 4.32. The number of morpholine rings is 1. The van der Waals surface area contributed by atoms with Gasteiger partial charge in [-0.2, -0.15) is 5.10 Å². The smallest absolute Gasteiger partial charge is 0.274 e. The van der Waals surface area contributed by atoms with Crippen molar-refractivity contribution in [2.75, 3.05) is 13.1 Å². The summed E-state index contributed by atoms with van der Waals surface area (Å²) in [5.41, 5.74) is 1.30. The van der Waals surface area contributed by atoms with Crippen molar-refractivity contribution in [1.82, 2.24) is 34.9 Å². The van der Waals surface area contributed by atoms with Crippen LogP contribution in [0, 0.1) is 0 Å². The first-order valence-corrected chi connectivity index (χ1v) is 8.90. The predicted molar refractivity (Wildman–Crippen MR) is 96.8 cm³/mol. The third kappa shape index (κ3) is 3.87. The highest BCUT2D eigenvalue weighted by Gasteiger charge is 2.27. The number of aromatic nitrogens is 6. The molecule has 9 heteroatoms. The number of rotatable bonds is 4. The Morgan fingerprint density at radius 1 is 1.11 bits per heavy atom. The quantitative estimate of drug-likeness (QED) is 0.690. The van der Waals surface area contributed by atoms with Gasteiger partial charge < -0.3 is 9.64 Å². The standard InChI is InChI=1S/C18H21N7O2/c1-13-10-23(11-14(2)27-13)18(26)16-8-9-24(20-16)12-25-21-17(19-22-25)15-6-4-3-5-7-15/h3-9,13-14H,10-12H2,1-2H3/t13-,14-/m0/s1. The van der Waals surface area contributed by atoms with Crippen LogP contribution in [0.5, 0.6) is 0 Å². The summed E-state index contributed by atoms with van der Waals surface area (Å²) in [5, 5.41) is 16.9. The molecule has 27 heavy (non-hydrogen) atoms. The Hall–Kier alpha value is -3.07. The molecule has 0 N–H and O–H groups in total. The molecule has 1 aliphatic rings. The van der Waals surface area contributed by atoms with E-state index >= 15 is 0 Å². The van der Waals surface area contributed by atoms with Gasteiger partial charge in [-0.25, -0.2) is 4.68 Å². The van der Waals surface area contributed by atoms with Crippen molar-refractivity contribution in [2.24, 2.45) is 0 Å². The van der Waals surface area contributed by atoms with Crippen molar-refractivity contribution in [1.29, 1.82) is 0 Å². The molecule has 3 aromatic rings. The Morgan fingerprint density at radius 3 is 2.59 bits per heavy atom. The zero-order valence-electron chi connectivity index (χ0n) is 15.3. The summed E-state index contributed by atoms with van der Waals surface area (Å²) in [6.07, 6.45) is 1.79. The SMILES string of the molecule is C[C@H]1CN(C(=O)c2ccn(Cn3nnc(-c4ccccc4)n3)n2)C[C@H](C)O1. The van der Waals surface area contributed by atoms with Gasteiger partial charge in [-0.1, -0.05) is 30.3 Å². The number of amides is 1. The Balaban J connectivity index is 1.44. The molecule has 0 radical (unpaired) electrons. The van der Waals surface area contributed by atoms with Crippen LogP contribution in [0.15, 0.2) is 42.6 Å². The minimum atomic E-state index is -0.0905. The summed E-state index contributed by atoms with van der Waals surface area (Å²) >= 11 is 0. The van der Waals surface area contributed by atoms with Crippen molar-refractivity contribution in [3.63, 3.8) is 0 Å². The Morgan fingerprint density at radius 2 is 1.85 bits per heavy atom. The van der Waals surface area contributed by atoms with E-state index in [9.17, 15) is 4.79 Å². The van der Waals surface area contributed by atoms with Gasteiger partial charge in [0.25, 0.3) is 5.91 Å². The molecular weight excluding hydrogens is 346 g/mol. The second-order valence-corrected chi connectivity index (χ2v) is 6.70. The van der Waals surface area contributed by atoms with Crippen LogP contribution in [0.2, 0.25) is 0 Å². The number of carbonyl (C=O) groups is 1. The van der Waals surface area contributed by atoms with Crippen LogP contribution in [0.4, 0.5) is 0 Å². The highest BCUT2D eigenvalue weighted by atomic mass is 16.5. The van der Waals surface area contributed by atoms with E-state index in [1.54, 1.807) is 21.8 Å². The molecular formula is C18H21N7O2. The fourth-order valence-electron chi connectivity index (χ4n) is 3.20. The number of ether oxygens (including phenoxy) is 1. The van der Waals surface area contributed by atoms with Crippen LogP contribution < -0.4 is 0 Å². The minimum Gasteiger partial charge on any atom is -0.372 e. The maximum absolute atomic E-state index is 12.7. The molecule has 4 rings (SSSR count). The number of hydrogen-bond donors (Lipinski definition) is 0. The average molecular weight is 367 g/mol. The van der Waals surface area contributed by atoms with E-state index < -0.39 is 0 Å². The van der Waals surface area contributed by atoms with E-state index in [0.717, 1.165) is 5.56 Å². The molecule has 2 atom stereocenters. The number of hydrogen-bond acceptors (Lipinski definition) is 6. The van der Waals surface area contributed by atoms with E-state index in [0.29, 0.717) is 24.6 Å². The first-order chi connectivity index (χ1) is 13.1. The lowest BCUT2D eigenvalue weighted by Gasteiger charge is -2.34. The van der Waals surface area contributed by atoms with E-state index in [1.165, 1.54) is 4.80 Å².